The van der Waals surface area contributed by atoms with Crippen molar-refractivity contribution >= 4 is 0 Å². The van der Waals surface area contributed by atoms with E-state index in [2.05, 4.69) is 19.9 Å². The Morgan fingerprint density at radius 3 is 2.24 bits per heavy atom. The molecule has 0 nitrogen and oxygen atoms in total. The molecule has 4 rings (SSSR count). The second-order valence-corrected chi connectivity index (χ2v) is 11.9. The van der Waals surface area contributed by atoms with E-state index in [9.17, 15) is 0 Å². The molecule has 33 heavy (non-hydrogen) atoms. The Morgan fingerprint density at radius 1 is 0.727 bits per heavy atom. The second kappa shape index (κ2) is 12.2. The largest absolute Gasteiger partial charge is 0.203 e. The molecular weight excluding hydrogens is 410 g/mol. The summed E-state index contributed by atoms with van der Waals surface area (Å²) in [5.41, 5.74) is 2.55. The van der Waals surface area contributed by atoms with Gasteiger partial charge in [0, 0.05) is 0 Å². The van der Waals surface area contributed by atoms with Crippen molar-refractivity contribution in [3.05, 3.63) is 34.4 Å². The minimum atomic E-state index is -0.503. The fourth-order valence-electron chi connectivity index (χ4n) is 7.55. The fourth-order valence-corrected chi connectivity index (χ4v) is 7.55. The molecule has 0 N–H and O–H groups in total. The normalized spacial score (nSPS) is 29.5. The van der Waals surface area contributed by atoms with Crippen LogP contribution in [0.1, 0.15) is 139 Å². The molecule has 5 unspecified atom stereocenters. The zero-order valence-corrected chi connectivity index (χ0v) is 21.4. The summed E-state index contributed by atoms with van der Waals surface area (Å²) in [5, 5.41) is 0. The first-order valence-electron chi connectivity index (χ1n) is 14.6. The van der Waals surface area contributed by atoms with Crippen molar-refractivity contribution in [2.45, 2.75) is 135 Å². The summed E-state index contributed by atoms with van der Waals surface area (Å²) in [5.74, 6) is 2.26. The highest BCUT2D eigenvalue weighted by Gasteiger charge is 2.37. The number of fused-ring (bicyclic) bond motifs is 2. The van der Waals surface area contributed by atoms with Crippen LogP contribution in [0.15, 0.2) is 6.07 Å². The zero-order valence-electron chi connectivity index (χ0n) is 21.4. The van der Waals surface area contributed by atoms with Crippen molar-refractivity contribution in [1.82, 2.24) is 0 Å². The number of hydrogen-bond acceptors (Lipinski definition) is 0. The van der Waals surface area contributed by atoms with Gasteiger partial charge in [-0.2, -0.15) is 0 Å². The number of unbranched alkanes of at least 4 members (excludes halogenated alkanes) is 5. The van der Waals surface area contributed by atoms with E-state index < -0.39 is 11.6 Å². The minimum absolute atomic E-state index is 0.231. The van der Waals surface area contributed by atoms with Crippen LogP contribution in [0, 0.1) is 35.3 Å². The molecule has 2 heteroatoms. The van der Waals surface area contributed by atoms with E-state index in [-0.39, 0.29) is 5.92 Å². The lowest BCUT2D eigenvalue weighted by molar-refractivity contribution is 0.112. The van der Waals surface area contributed by atoms with Crippen molar-refractivity contribution < 1.29 is 8.78 Å². The van der Waals surface area contributed by atoms with E-state index in [1.54, 1.807) is 0 Å². The molecule has 0 aliphatic heterocycles. The first-order valence-corrected chi connectivity index (χ1v) is 14.6. The van der Waals surface area contributed by atoms with E-state index in [0.29, 0.717) is 11.5 Å². The smallest absolute Gasteiger partial charge is 0.162 e. The third-order valence-corrected chi connectivity index (χ3v) is 9.59. The SMILES string of the molecule is CCCCCCC1CCc2cc(C3CCC4CC(CCCCC)CCC4C3)c(F)c(F)c2C1. The highest BCUT2D eigenvalue weighted by Crippen LogP contribution is 2.49. The number of aryl methyl sites for hydroxylation is 1. The maximum absolute atomic E-state index is 15.3. The van der Waals surface area contributed by atoms with Crippen LogP contribution in [0.25, 0.3) is 0 Å². The lowest BCUT2D eigenvalue weighted by atomic mass is 9.63. The van der Waals surface area contributed by atoms with Gasteiger partial charge in [0.25, 0.3) is 0 Å². The van der Waals surface area contributed by atoms with Crippen LogP contribution in [-0.2, 0) is 12.8 Å². The Kier molecular flexibility index (Phi) is 9.28. The first kappa shape index (κ1) is 25.2. The van der Waals surface area contributed by atoms with Crippen LogP contribution in [0.2, 0.25) is 0 Å². The summed E-state index contributed by atoms with van der Waals surface area (Å²) >= 11 is 0. The lowest BCUT2D eigenvalue weighted by Gasteiger charge is -2.42. The molecule has 5 atom stereocenters. The molecular formula is C31H48F2. The van der Waals surface area contributed by atoms with Crippen molar-refractivity contribution in [2.24, 2.45) is 23.7 Å². The molecule has 0 radical (unpaired) electrons. The van der Waals surface area contributed by atoms with Crippen LogP contribution in [0.5, 0.6) is 0 Å². The monoisotopic (exact) mass is 458 g/mol. The Labute approximate surface area is 202 Å². The zero-order chi connectivity index (χ0) is 23.2. The predicted octanol–water partition coefficient (Wildman–Crippen LogP) is 9.92. The molecule has 0 bridgehead atoms. The summed E-state index contributed by atoms with van der Waals surface area (Å²) < 4.78 is 30.6. The van der Waals surface area contributed by atoms with Crippen molar-refractivity contribution in [1.29, 1.82) is 0 Å². The summed E-state index contributed by atoms with van der Waals surface area (Å²) in [7, 11) is 0. The van der Waals surface area contributed by atoms with Crippen LogP contribution in [-0.4, -0.2) is 0 Å². The summed E-state index contributed by atoms with van der Waals surface area (Å²) in [6, 6.07) is 2.10. The van der Waals surface area contributed by atoms with Crippen LogP contribution in [0.4, 0.5) is 8.78 Å². The molecule has 3 aliphatic rings. The summed E-state index contributed by atoms with van der Waals surface area (Å²) in [6.07, 6.45) is 22.0. The van der Waals surface area contributed by atoms with E-state index in [4.69, 9.17) is 0 Å². The molecule has 1 aromatic carbocycles. The van der Waals surface area contributed by atoms with Gasteiger partial charge in [-0.05, 0) is 97.6 Å². The van der Waals surface area contributed by atoms with Gasteiger partial charge in [-0.1, -0.05) is 84.1 Å². The predicted molar refractivity (Wildman–Crippen MR) is 136 cm³/mol. The average molecular weight is 459 g/mol. The summed E-state index contributed by atoms with van der Waals surface area (Å²) in [6.45, 7) is 4.52. The number of rotatable bonds is 10. The molecule has 3 aliphatic carbocycles. The lowest BCUT2D eigenvalue weighted by Crippen LogP contribution is -2.31. The Morgan fingerprint density at radius 2 is 1.42 bits per heavy atom. The highest BCUT2D eigenvalue weighted by molar-refractivity contribution is 5.38. The third kappa shape index (κ3) is 6.21. The van der Waals surface area contributed by atoms with Gasteiger partial charge < -0.3 is 0 Å². The van der Waals surface area contributed by atoms with Gasteiger partial charge in [-0.15, -0.1) is 0 Å². The molecule has 0 amide bonds. The van der Waals surface area contributed by atoms with Gasteiger partial charge >= 0.3 is 0 Å². The maximum atomic E-state index is 15.3. The van der Waals surface area contributed by atoms with Crippen LogP contribution in [0.3, 0.4) is 0 Å². The number of benzene rings is 1. The van der Waals surface area contributed by atoms with Gasteiger partial charge in [0.1, 0.15) is 0 Å². The van der Waals surface area contributed by atoms with Gasteiger partial charge in [-0.3, -0.25) is 0 Å². The van der Waals surface area contributed by atoms with Gasteiger partial charge in [-0.25, -0.2) is 8.78 Å². The van der Waals surface area contributed by atoms with Crippen molar-refractivity contribution in [3.63, 3.8) is 0 Å². The molecule has 0 saturated heterocycles. The van der Waals surface area contributed by atoms with Crippen LogP contribution >= 0.6 is 0 Å². The van der Waals surface area contributed by atoms with E-state index in [1.165, 1.54) is 83.5 Å². The highest BCUT2D eigenvalue weighted by atomic mass is 19.2. The van der Waals surface area contributed by atoms with E-state index >= 15 is 8.78 Å². The molecule has 186 valence electrons. The average Bonchev–Trinajstić information content (AvgIpc) is 2.84. The Hall–Kier alpha value is -0.920. The van der Waals surface area contributed by atoms with Crippen molar-refractivity contribution in [3.8, 4) is 0 Å². The fraction of sp³-hybridized carbons (Fsp3) is 0.806. The minimum Gasteiger partial charge on any atom is -0.203 e. The standard InChI is InChI=1S/C31H48F2/c1-3-5-7-9-11-23-13-15-27-21-29(31(33)30(32)28(27)19-23)26-17-16-24-18-22(10-8-6-4-2)12-14-25(24)20-26/h21-26H,3-20H2,1-2H3. The Bertz CT molecular complexity index is 754. The number of hydrogen-bond donors (Lipinski definition) is 0. The second-order valence-electron chi connectivity index (χ2n) is 11.9. The number of halogens is 2. The Balaban J connectivity index is 1.36. The van der Waals surface area contributed by atoms with Crippen LogP contribution < -0.4 is 0 Å². The van der Waals surface area contributed by atoms with Gasteiger partial charge in [0.05, 0.1) is 0 Å². The van der Waals surface area contributed by atoms with Gasteiger partial charge in [0.15, 0.2) is 11.6 Å². The maximum Gasteiger partial charge on any atom is 0.162 e. The van der Waals surface area contributed by atoms with Crippen molar-refractivity contribution in [2.75, 3.05) is 0 Å². The summed E-state index contributed by atoms with van der Waals surface area (Å²) in [4.78, 5) is 0. The molecule has 1 aromatic rings. The topological polar surface area (TPSA) is 0 Å². The molecule has 0 aromatic heterocycles. The third-order valence-electron chi connectivity index (χ3n) is 9.59. The van der Waals surface area contributed by atoms with Gasteiger partial charge in [0.2, 0.25) is 0 Å². The molecule has 2 saturated carbocycles. The van der Waals surface area contributed by atoms with E-state index in [1.807, 2.05) is 0 Å². The first-order chi connectivity index (χ1) is 16.1. The molecule has 0 spiro atoms. The molecule has 2 fully saturated rings. The quantitative estimate of drug-likeness (QED) is 0.306. The van der Waals surface area contributed by atoms with E-state index in [0.717, 1.165) is 61.0 Å². The molecule has 0 heterocycles.